The number of benzene rings is 2. The lowest BCUT2D eigenvalue weighted by Gasteiger charge is -2.21. The fraction of sp³-hybridized carbons (Fsp3) is 0.357. The van der Waals surface area contributed by atoms with Crippen molar-refractivity contribution < 1.29 is 14.3 Å². The number of rotatable bonds is 9. The maximum absolute atomic E-state index is 11.4. The van der Waals surface area contributed by atoms with E-state index in [1.54, 1.807) is 13.1 Å². The molecule has 1 aliphatic heterocycles. The van der Waals surface area contributed by atoms with Gasteiger partial charge in [-0.2, -0.15) is 0 Å². The first-order chi connectivity index (χ1) is 16.0. The van der Waals surface area contributed by atoms with E-state index in [0.717, 1.165) is 36.5 Å². The third-order valence-corrected chi connectivity index (χ3v) is 6.14. The highest BCUT2D eigenvalue weighted by Gasteiger charge is 2.25. The summed E-state index contributed by atoms with van der Waals surface area (Å²) in [4.78, 5) is 18.1. The second-order valence-electron chi connectivity index (χ2n) is 8.87. The first kappa shape index (κ1) is 22.8. The minimum atomic E-state index is -0.0650. The Kier molecular flexibility index (Phi) is 7.28. The number of carbonyl (C=O) groups excluding carboxylic acids is 1. The van der Waals surface area contributed by atoms with E-state index in [4.69, 9.17) is 9.47 Å². The van der Waals surface area contributed by atoms with Crippen LogP contribution in [0.25, 0.3) is 0 Å². The van der Waals surface area contributed by atoms with Gasteiger partial charge in [0.2, 0.25) is 5.88 Å². The van der Waals surface area contributed by atoms with Crippen LogP contribution >= 0.6 is 0 Å². The molecule has 2 aromatic carbocycles. The van der Waals surface area contributed by atoms with Gasteiger partial charge in [-0.05, 0) is 49.1 Å². The molecule has 0 aliphatic carbocycles. The molecule has 0 saturated carbocycles. The van der Waals surface area contributed by atoms with Gasteiger partial charge in [-0.15, -0.1) is 0 Å². The molecule has 172 valence electrons. The van der Waals surface area contributed by atoms with Crippen molar-refractivity contribution in [2.45, 2.75) is 51.7 Å². The summed E-state index contributed by atoms with van der Waals surface area (Å²) in [7, 11) is 0. The van der Waals surface area contributed by atoms with E-state index in [1.807, 2.05) is 49.4 Å². The fourth-order valence-electron chi connectivity index (χ4n) is 4.31. The summed E-state index contributed by atoms with van der Waals surface area (Å²) in [6.07, 6.45) is 3.40. The molecular formula is C28H32N2O3. The molecule has 0 radical (unpaired) electrons. The number of carbonyl (C=O) groups is 1. The van der Waals surface area contributed by atoms with Gasteiger partial charge < -0.3 is 19.2 Å². The Balaban J connectivity index is 1.33. The van der Waals surface area contributed by atoms with Crippen LogP contribution in [0, 0.1) is 0 Å². The molecule has 1 fully saturated rings. The Hall–Kier alpha value is -3.34. The Labute approximate surface area is 196 Å². The van der Waals surface area contributed by atoms with Gasteiger partial charge in [-0.3, -0.25) is 0 Å². The molecule has 0 spiro atoms. The van der Waals surface area contributed by atoms with Crippen LogP contribution in [0.3, 0.4) is 0 Å². The van der Waals surface area contributed by atoms with E-state index in [2.05, 4.69) is 41.1 Å². The van der Waals surface area contributed by atoms with E-state index in [-0.39, 0.29) is 23.9 Å². The summed E-state index contributed by atoms with van der Waals surface area (Å²) in [5.41, 5.74) is 3.39. The van der Waals surface area contributed by atoms with Crippen molar-refractivity contribution in [2.24, 2.45) is 0 Å². The summed E-state index contributed by atoms with van der Waals surface area (Å²) < 4.78 is 12.3. The summed E-state index contributed by atoms with van der Waals surface area (Å²) >= 11 is 0. The average Bonchev–Trinajstić information content (AvgIpc) is 3.28. The predicted molar refractivity (Wildman–Crippen MR) is 131 cm³/mol. The predicted octanol–water partition coefficient (Wildman–Crippen LogP) is 5.96. The number of ether oxygens (including phenoxy) is 2. The van der Waals surface area contributed by atoms with E-state index >= 15 is 0 Å². The topological polar surface area (TPSA) is 51.7 Å². The lowest BCUT2D eigenvalue weighted by molar-refractivity contribution is -0.117. The quantitative estimate of drug-likeness (QED) is 0.407. The van der Waals surface area contributed by atoms with E-state index in [9.17, 15) is 4.79 Å². The van der Waals surface area contributed by atoms with Gasteiger partial charge in [-0.25, -0.2) is 4.98 Å². The number of ketones is 1. The molecule has 33 heavy (non-hydrogen) atoms. The largest absolute Gasteiger partial charge is 0.489 e. The van der Waals surface area contributed by atoms with Crippen LogP contribution in [-0.2, 0) is 4.79 Å². The Morgan fingerprint density at radius 1 is 1.06 bits per heavy atom. The standard InChI is InChI=1S/C28H32N2O3/c1-20(17-21(2)31)23-9-11-26(12-10-23)33-27-14-16-30(19-27)25-13-15-29-28(18-25)32-22(3)24-7-5-4-6-8-24/h4-13,15,18,20,22,27H,14,16-17,19H2,1-3H3/t20-,22?,27-/m1/s1. The Bertz CT molecular complexity index is 1050. The highest BCUT2D eigenvalue weighted by molar-refractivity contribution is 5.76. The SMILES string of the molecule is CC(=O)C[C@@H](C)c1ccc(O[C@@H]2CCN(c3ccnc(OC(C)c4ccccc4)c3)C2)cc1. The molecule has 3 aromatic rings. The van der Waals surface area contributed by atoms with Crippen LogP contribution in [0.1, 0.15) is 56.8 Å². The molecule has 3 atom stereocenters. The number of nitrogens with zero attached hydrogens (tertiary/aromatic N) is 2. The zero-order valence-corrected chi connectivity index (χ0v) is 19.6. The van der Waals surface area contributed by atoms with E-state index in [0.29, 0.717) is 12.3 Å². The molecule has 1 unspecified atom stereocenters. The summed E-state index contributed by atoms with van der Waals surface area (Å²) in [5, 5.41) is 0. The number of hydrogen-bond donors (Lipinski definition) is 0. The fourth-order valence-corrected chi connectivity index (χ4v) is 4.31. The van der Waals surface area contributed by atoms with Crippen LogP contribution in [0.4, 0.5) is 5.69 Å². The highest BCUT2D eigenvalue weighted by atomic mass is 16.5. The van der Waals surface area contributed by atoms with Crippen molar-refractivity contribution in [1.82, 2.24) is 4.98 Å². The second-order valence-corrected chi connectivity index (χ2v) is 8.87. The van der Waals surface area contributed by atoms with Crippen molar-refractivity contribution >= 4 is 11.5 Å². The Morgan fingerprint density at radius 3 is 2.55 bits per heavy atom. The van der Waals surface area contributed by atoms with Gasteiger partial charge >= 0.3 is 0 Å². The number of anilines is 1. The summed E-state index contributed by atoms with van der Waals surface area (Å²) in [6.45, 7) is 7.51. The van der Waals surface area contributed by atoms with Gasteiger partial charge in [0.05, 0.1) is 6.54 Å². The normalized spacial score (nSPS) is 17.4. The van der Waals surface area contributed by atoms with Crippen LogP contribution < -0.4 is 14.4 Å². The molecule has 1 saturated heterocycles. The summed E-state index contributed by atoms with van der Waals surface area (Å²) in [6, 6.07) is 22.3. The molecule has 0 bridgehead atoms. The second kappa shape index (κ2) is 10.5. The van der Waals surface area contributed by atoms with Crippen molar-refractivity contribution in [2.75, 3.05) is 18.0 Å². The smallest absolute Gasteiger partial charge is 0.215 e. The first-order valence-corrected chi connectivity index (χ1v) is 11.7. The van der Waals surface area contributed by atoms with E-state index < -0.39 is 0 Å². The zero-order chi connectivity index (χ0) is 23.2. The monoisotopic (exact) mass is 444 g/mol. The van der Waals surface area contributed by atoms with Gasteiger partial charge in [-0.1, -0.05) is 49.4 Å². The molecule has 5 heteroatoms. The van der Waals surface area contributed by atoms with Crippen LogP contribution in [0.5, 0.6) is 11.6 Å². The highest BCUT2D eigenvalue weighted by Crippen LogP contribution is 2.28. The molecule has 4 rings (SSSR count). The van der Waals surface area contributed by atoms with Crippen molar-refractivity contribution in [3.05, 3.63) is 84.1 Å². The molecule has 2 heterocycles. The average molecular weight is 445 g/mol. The lowest BCUT2D eigenvalue weighted by Crippen LogP contribution is -2.24. The maximum atomic E-state index is 11.4. The van der Waals surface area contributed by atoms with Crippen LogP contribution in [0.15, 0.2) is 72.9 Å². The summed E-state index contributed by atoms with van der Waals surface area (Å²) in [5.74, 6) is 1.94. The number of aromatic nitrogens is 1. The van der Waals surface area contributed by atoms with Crippen LogP contribution in [-0.4, -0.2) is 30.0 Å². The third kappa shape index (κ3) is 6.13. The third-order valence-electron chi connectivity index (χ3n) is 6.14. The maximum Gasteiger partial charge on any atom is 0.215 e. The molecule has 1 aromatic heterocycles. The minimum absolute atomic E-state index is 0.0650. The van der Waals surface area contributed by atoms with Gasteiger partial charge in [0.25, 0.3) is 0 Å². The van der Waals surface area contributed by atoms with E-state index in [1.165, 1.54) is 5.56 Å². The molecule has 0 amide bonds. The Morgan fingerprint density at radius 2 is 1.82 bits per heavy atom. The van der Waals surface area contributed by atoms with Gasteiger partial charge in [0.15, 0.2) is 0 Å². The molecule has 0 N–H and O–H groups in total. The zero-order valence-electron chi connectivity index (χ0n) is 19.6. The van der Waals surface area contributed by atoms with Crippen molar-refractivity contribution in [3.8, 4) is 11.6 Å². The van der Waals surface area contributed by atoms with Crippen molar-refractivity contribution in [1.29, 1.82) is 0 Å². The lowest BCUT2D eigenvalue weighted by atomic mass is 9.96. The minimum Gasteiger partial charge on any atom is -0.489 e. The van der Waals surface area contributed by atoms with Gasteiger partial charge in [0.1, 0.15) is 23.7 Å². The first-order valence-electron chi connectivity index (χ1n) is 11.7. The molecule has 1 aliphatic rings. The molecule has 5 nitrogen and oxygen atoms in total. The van der Waals surface area contributed by atoms with Gasteiger partial charge in [0, 0.05) is 37.3 Å². The van der Waals surface area contributed by atoms with Crippen LogP contribution in [0.2, 0.25) is 0 Å². The number of hydrogen-bond acceptors (Lipinski definition) is 5. The number of Topliss-reactive ketones (excluding diaryl/α,β-unsaturated/α-hetero) is 1. The molecular weight excluding hydrogens is 412 g/mol. The van der Waals surface area contributed by atoms with Crippen molar-refractivity contribution in [3.63, 3.8) is 0 Å². The number of pyridine rings is 1.